The van der Waals surface area contributed by atoms with Crippen LogP contribution in [-0.4, -0.2) is 54.3 Å². The zero-order valence-electron chi connectivity index (χ0n) is 12.0. The van der Waals surface area contributed by atoms with Gasteiger partial charge in [0.25, 0.3) is 0 Å². The Morgan fingerprint density at radius 1 is 1.10 bits per heavy atom. The van der Waals surface area contributed by atoms with E-state index in [0.29, 0.717) is 30.1 Å². The molecule has 0 bridgehead atoms. The van der Waals surface area contributed by atoms with E-state index in [2.05, 4.69) is 25.2 Å². The Hall–Kier alpha value is -1.63. The average Bonchev–Trinajstić information content (AvgIpc) is 3.20. The highest BCUT2D eigenvalue weighted by Crippen LogP contribution is 2.31. The van der Waals surface area contributed by atoms with Crippen LogP contribution in [0.15, 0.2) is 0 Å². The molecule has 3 rings (SSSR count). The Morgan fingerprint density at radius 2 is 1.80 bits per heavy atom. The van der Waals surface area contributed by atoms with E-state index in [1.165, 1.54) is 25.7 Å². The molecule has 0 aromatic carbocycles. The van der Waals surface area contributed by atoms with E-state index in [9.17, 15) is 0 Å². The molecule has 1 aromatic heterocycles. The van der Waals surface area contributed by atoms with Crippen molar-refractivity contribution in [1.82, 2.24) is 20.3 Å². The number of nitrogens with one attached hydrogen (secondary N) is 1. The van der Waals surface area contributed by atoms with Crippen LogP contribution in [0.5, 0.6) is 12.0 Å². The van der Waals surface area contributed by atoms with Crippen LogP contribution in [0.1, 0.15) is 25.7 Å². The first-order valence-corrected chi connectivity index (χ1v) is 7.14. The second-order valence-corrected chi connectivity index (χ2v) is 5.29. The summed E-state index contributed by atoms with van der Waals surface area (Å²) in [6.07, 6.45) is 4.85. The molecule has 1 atom stereocenters. The lowest BCUT2D eigenvalue weighted by atomic mass is 10.2. The maximum absolute atomic E-state index is 5.13. The van der Waals surface area contributed by atoms with Gasteiger partial charge in [-0.25, -0.2) is 0 Å². The standard InChI is InChI=1S/C13H21N5O2/c1-19-12-15-11(16-13(17-12)20-2)18(10-5-6-10)8-9-4-3-7-14-9/h9-10,14H,3-8H2,1-2H3. The number of methoxy groups -OCH3 is 2. The molecule has 1 saturated carbocycles. The van der Waals surface area contributed by atoms with Gasteiger partial charge in [-0.2, -0.15) is 9.97 Å². The summed E-state index contributed by atoms with van der Waals surface area (Å²) in [6.45, 7) is 2.04. The van der Waals surface area contributed by atoms with Gasteiger partial charge in [0.2, 0.25) is 5.95 Å². The Morgan fingerprint density at radius 3 is 2.30 bits per heavy atom. The molecule has 1 aliphatic carbocycles. The van der Waals surface area contributed by atoms with E-state index < -0.39 is 0 Å². The minimum Gasteiger partial charge on any atom is -0.467 e. The summed E-state index contributed by atoms with van der Waals surface area (Å²) in [5.41, 5.74) is 0. The van der Waals surface area contributed by atoms with Crippen molar-refractivity contribution in [2.45, 2.75) is 37.8 Å². The molecule has 1 N–H and O–H groups in total. The van der Waals surface area contributed by atoms with Crippen LogP contribution >= 0.6 is 0 Å². The van der Waals surface area contributed by atoms with Crippen molar-refractivity contribution in [3.05, 3.63) is 0 Å². The maximum atomic E-state index is 5.13. The van der Waals surface area contributed by atoms with Gasteiger partial charge in [0.05, 0.1) is 14.2 Å². The molecule has 110 valence electrons. The zero-order valence-corrected chi connectivity index (χ0v) is 12.0. The van der Waals surface area contributed by atoms with Crippen LogP contribution in [0.2, 0.25) is 0 Å². The Balaban J connectivity index is 1.82. The largest absolute Gasteiger partial charge is 0.467 e. The summed E-state index contributed by atoms with van der Waals surface area (Å²) < 4.78 is 10.3. The van der Waals surface area contributed by atoms with Gasteiger partial charge in [0.1, 0.15) is 0 Å². The zero-order chi connectivity index (χ0) is 13.9. The third-order valence-corrected chi connectivity index (χ3v) is 3.77. The third-order valence-electron chi connectivity index (χ3n) is 3.77. The van der Waals surface area contributed by atoms with E-state index in [1.807, 2.05) is 0 Å². The summed E-state index contributed by atoms with van der Waals surface area (Å²) in [6, 6.07) is 1.66. The molecule has 2 aliphatic rings. The van der Waals surface area contributed by atoms with Crippen LogP contribution in [-0.2, 0) is 0 Å². The molecular formula is C13H21N5O2. The number of anilines is 1. The second kappa shape index (κ2) is 5.78. The molecular weight excluding hydrogens is 258 g/mol. The SMILES string of the molecule is COc1nc(OC)nc(N(CC2CCCN2)C2CC2)n1. The normalized spacial score (nSPS) is 21.8. The fourth-order valence-electron chi connectivity index (χ4n) is 2.57. The van der Waals surface area contributed by atoms with Gasteiger partial charge in [-0.3, -0.25) is 0 Å². The molecule has 0 amide bonds. The second-order valence-electron chi connectivity index (χ2n) is 5.29. The molecule has 7 heteroatoms. The summed E-state index contributed by atoms with van der Waals surface area (Å²) in [4.78, 5) is 15.1. The number of hydrogen-bond acceptors (Lipinski definition) is 7. The van der Waals surface area contributed by atoms with Crippen molar-refractivity contribution >= 4 is 5.95 Å². The molecule has 1 aliphatic heterocycles. The van der Waals surface area contributed by atoms with Crippen molar-refractivity contribution < 1.29 is 9.47 Å². The lowest BCUT2D eigenvalue weighted by molar-refractivity contribution is 0.339. The van der Waals surface area contributed by atoms with E-state index in [-0.39, 0.29) is 0 Å². The van der Waals surface area contributed by atoms with Crippen molar-refractivity contribution in [2.24, 2.45) is 0 Å². The van der Waals surface area contributed by atoms with Gasteiger partial charge >= 0.3 is 12.0 Å². The van der Waals surface area contributed by atoms with E-state index >= 15 is 0 Å². The first-order valence-electron chi connectivity index (χ1n) is 7.14. The smallest absolute Gasteiger partial charge is 0.324 e. The fraction of sp³-hybridized carbons (Fsp3) is 0.769. The van der Waals surface area contributed by atoms with Gasteiger partial charge in [0.15, 0.2) is 0 Å². The Kier molecular flexibility index (Phi) is 3.86. The van der Waals surface area contributed by atoms with Gasteiger partial charge in [-0.1, -0.05) is 0 Å². The van der Waals surface area contributed by atoms with E-state index in [0.717, 1.165) is 13.1 Å². The predicted molar refractivity (Wildman–Crippen MR) is 74.3 cm³/mol. The van der Waals surface area contributed by atoms with Crippen molar-refractivity contribution in [2.75, 3.05) is 32.2 Å². The van der Waals surface area contributed by atoms with Crippen molar-refractivity contribution in [3.8, 4) is 12.0 Å². The average molecular weight is 279 g/mol. The molecule has 1 saturated heterocycles. The number of ether oxygens (including phenoxy) is 2. The van der Waals surface area contributed by atoms with Gasteiger partial charge in [-0.05, 0) is 32.2 Å². The molecule has 2 heterocycles. The van der Waals surface area contributed by atoms with Crippen LogP contribution in [0.25, 0.3) is 0 Å². The van der Waals surface area contributed by atoms with Crippen LogP contribution in [0.4, 0.5) is 5.95 Å². The summed E-state index contributed by atoms with van der Waals surface area (Å²) in [7, 11) is 3.11. The molecule has 1 unspecified atom stereocenters. The molecule has 2 fully saturated rings. The Bertz CT molecular complexity index is 438. The van der Waals surface area contributed by atoms with Crippen LogP contribution < -0.4 is 19.7 Å². The van der Waals surface area contributed by atoms with Gasteiger partial charge < -0.3 is 19.7 Å². The first kappa shape index (κ1) is 13.4. The van der Waals surface area contributed by atoms with Crippen LogP contribution in [0.3, 0.4) is 0 Å². The topological polar surface area (TPSA) is 72.4 Å². The minimum atomic E-state index is 0.303. The van der Waals surface area contributed by atoms with Crippen LogP contribution in [0, 0.1) is 0 Å². The third kappa shape index (κ3) is 2.92. The van der Waals surface area contributed by atoms with E-state index in [4.69, 9.17) is 9.47 Å². The fourth-order valence-corrected chi connectivity index (χ4v) is 2.57. The van der Waals surface area contributed by atoms with Gasteiger partial charge in [-0.15, -0.1) is 4.98 Å². The minimum absolute atomic E-state index is 0.303. The quantitative estimate of drug-likeness (QED) is 0.818. The summed E-state index contributed by atoms with van der Waals surface area (Å²) in [5.74, 6) is 0.657. The van der Waals surface area contributed by atoms with Crippen molar-refractivity contribution in [3.63, 3.8) is 0 Å². The molecule has 0 radical (unpaired) electrons. The highest BCUT2D eigenvalue weighted by atomic mass is 16.5. The monoisotopic (exact) mass is 279 g/mol. The predicted octanol–water partition coefficient (Wildman–Crippen LogP) is 0.610. The molecule has 0 spiro atoms. The molecule has 20 heavy (non-hydrogen) atoms. The molecule has 1 aromatic rings. The number of hydrogen-bond donors (Lipinski definition) is 1. The molecule has 7 nitrogen and oxygen atoms in total. The summed E-state index contributed by atoms with van der Waals surface area (Å²) >= 11 is 0. The number of rotatable bonds is 6. The van der Waals surface area contributed by atoms with E-state index in [1.54, 1.807) is 14.2 Å². The lowest BCUT2D eigenvalue weighted by Crippen LogP contribution is -2.40. The van der Waals surface area contributed by atoms with Gasteiger partial charge in [0, 0.05) is 18.6 Å². The first-order chi connectivity index (χ1) is 9.80. The maximum Gasteiger partial charge on any atom is 0.324 e. The number of aromatic nitrogens is 3. The number of nitrogens with zero attached hydrogens (tertiary/aromatic N) is 4. The Labute approximate surface area is 118 Å². The highest BCUT2D eigenvalue weighted by molar-refractivity contribution is 5.36. The summed E-state index contributed by atoms with van der Waals surface area (Å²) in [5, 5.41) is 3.52. The van der Waals surface area contributed by atoms with Crippen molar-refractivity contribution in [1.29, 1.82) is 0 Å². The highest BCUT2D eigenvalue weighted by Gasteiger charge is 2.33. The lowest BCUT2D eigenvalue weighted by Gasteiger charge is -2.25.